The van der Waals surface area contributed by atoms with Gasteiger partial charge in [0.1, 0.15) is 0 Å². The molecule has 0 fully saturated rings. The SMILES string of the molecule is CN1Cc2c(Cl)cc(Cl)cc2C(c2ccc(N(C(=O)O)c3ccc([N+](=O)[O-])cc3)cc2)C1. The average molecular weight is 472 g/mol. The summed E-state index contributed by atoms with van der Waals surface area (Å²) >= 11 is 12.7. The van der Waals surface area contributed by atoms with Crippen LogP contribution in [0.5, 0.6) is 0 Å². The lowest BCUT2D eigenvalue weighted by molar-refractivity contribution is -0.384. The second kappa shape index (κ2) is 8.78. The number of anilines is 2. The van der Waals surface area contributed by atoms with Gasteiger partial charge in [-0.2, -0.15) is 0 Å². The maximum absolute atomic E-state index is 11.9. The van der Waals surface area contributed by atoms with Gasteiger partial charge in [0.05, 0.1) is 16.3 Å². The quantitative estimate of drug-likeness (QED) is 0.356. The number of halogens is 2. The molecular formula is C23H19Cl2N3O4. The summed E-state index contributed by atoms with van der Waals surface area (Å²) in [5.74, 6) is 0.0339. The first-order chi connectivity index (χ1) is 15.2. The Bertz CT molecular complexity index is 1180. The number of amides is 1. The molecular weight excluding hydrogens is 453 g/mol. The number of likely N-dealkylation sites (N-methyl/N-ethyl adjacent to an activating group) is 1. The van der Waals surface area contributed by atoms with Crippen LogP contribution in [-0.4, -0.2) is 34.6 Å². The van der Waals surface area contributed by atoms with Crippen LogP contribution < -0.4 is 4.90 Å². The first-order valence-electron chi connectivity index (χ1n) is 9.78. The third-order valence-corrected chi connectivity index (χ3v) is 6.11. The maximum atomic E-state index is 11.9. The monoisotopic (exact) mass is 471 g/mol. The van der Waals surface area contributed by atoms with Gasteiger partial charge in [0.15, 0.2) is 0 Å². The summed E-state index contributed by atoms with van der Waals surface area (Å²) in [7, 11) is 2.02. The molecule has 1 amide bonds. The van der Waals surface area contributed by atoms with E-state index in [0.29, 0.717) is 21.4 Å². The molecule has 3 aromatic carbocycles. The topological polar surface area (TPSA) is 86.9 Å². The second-order valence-corrected chi connectivity index (χ2v) is 8.53. The van der Waals surface area contributed by atoms with E-state index in [2.05, 4.69) is 4.90 Å². The van der Waals surface area contributed by atoms with Gasteiger partial charge in [-0.1, -0.05) is 35.3 Å². The second-order valence-electron chi connectivity index (χ2n) is 7.69. The molecule has 3 aromatic rings. The van der Waals surface area contributed by atoms with E-state index in [1.807, 2.05) is 25.2 Å². The van der Waals surface area contributed by atoms with E-state index < -0.39 is 11.0 Å². The van der Waals surface area contributed by atoms with E-state index in [4.69, 9.17) is 23.2 Å². The van der Waals surface area contributed by atoms with Crippen LogP contribution in [0.2, 0.25) is 10.0 Å². The summed E-state index contributed by atoms with van der Waals surface area (Å²) in [5.41, 5.74) is 3.76. The first kappa shape index (κ1) is 22.1. The highest BCUT2D eigenvalue weighted by atomic mass is 35.5. The van der Waals surface area contributed by atoms with E-state index in [1.54, 1.807) is 18.2 Å². The molecule has 0 aliphatic carbocycles. The van der Waals surface area contributed by atoms with Crippen LogP contribution in [0.25, 0.3) is 0 Å². The number of nitrogens with zero attached hydrogens (tertiary/aromatic N) is 3. The van der Waals surface area contributed by atoms with Crippen molar-refractivity contribution in [3.63, 3.8) is 0 Å². The molecule has 32 heavy (non-hydrogen) atoms. The molecule has 1 atom stereocenters. The Balaban J connectivity index is 1.68. The molecule has 164 valence electrons. The van der Waals surface area contributed by atoms with Crippen LogP contribution in [0, 0.1) is 10.1 Å². The number of fused-ring (bicyclic) bond motifs is 1. The predicted molar refractivity (Wildman–Crippen MR) is 124 cm³/mol. The number of carboxylic acid groups (broad SMARTS) is 1. The molecule has 4 rings (SSSR count). The van der Waals surface area contributed by atoms with Crippen molar-refractivity contribution >= 4 is 46.4 Å². The van der Waals surface area contributed by atoms with E-state index in [1.165, 1.54) is 24.3 Å². The molecule has 0 bridgehead atoms. The van der Waals surface area contributed by atoms with E-state index in [-0.39, 0.29) is 11.6 Å². The lowest BCUT2D eigenvalue weighted by Crippen LogP contribution is -2.31. The van der Waals surface area contributed by atoms with Gasteiger partial charge in [-0.15, -0.1) is 0 Å². The van der Waals surface area contributed by atoms with Crippen LogP contribution in [0.4, 0.5) is 21.9 Å². The van der Waals surface area contributed by atoms with E-state index >= 15 is 0 Å². The van der Waals surface area contributed by atoms with Crippen molar-refractivity contribution in [2.75, 3.05) is 18.5 Å². The van der Waals surface area contributed by atoms with Gasteiger partial charge in [0.2, 0.25) is 0 Å². The summed E-state index contributed by atoms with van der Waals surface area (Å²) < 4.78 is 0. The Kier molecular flexibility index (Phi) is 6.06. The number of rotatable bonds is 4. The van der Waals surface area contributed by atoms with Crippen molar-refractivity contribution in [3.05, 3.63) is 97.5 Å². The average Bonchev–Trinajstić information content (AvgIpc) is 2.75. The van der Waals surface area contributed by atoms with Gasteiger partial charge in [0, 0.05) is 41.2 Å². The minimum Gasteiger partial charge on any atom is -0.464 e. The molecule has 0 radical (unpaired) electrons. The molecule has 7 nitrogen and oxygen atoms in total. The zero-order valence-corrected chi connectivity index (χ0v) is 18.5. The number of benzene rings is 3. The minimum absolute atomic E-state index is 0.0339. The lowest BCUT2D eigenvalue weighted by Gasteiger charge is -2.33. The molecule has 1 heterocycles. The van der Waals surface area contributed by atoms with Crippen molar-refractivity contribution in [1.82, 2.24) is 4.90 Å². The van der Waals surface area contributed by atoms with Crippen molar-refractivity contribution < 1.29 is 14.8 Å². The number of non-ortho nitro benzene ring substituents is 1. The molecule has 1 N–H and O–H groups in total. The Labute approximate surface area is 194 Å². The minimum atomic E-state index is -1.19. The van der Waals surface area contributed by atoms with Crippen molar-refractivity contribution in [2.45, 2.75) is 12.5 Å². The summed E-state index contributed by atoms with van der Waals surface area (Å²) in [6.45, 7) is 1.50. The van der Waals surface area contributed by atoms with Crippen LogP contribution in [0.15, 0.2) is 60.7 Å². The fourth-order valence-electron chi connectivity index (χ4n) is 4.08. The van der Waals surface area contributed by atoms with Gasteiger partial charge >= 0.3 is 6.09 Å². The number of carbonyl (C=O) groups is 1. The molecule has 0 saturated heterocycles. The van der Waals surface area contributed by atoms with Gasteiger partial charge in [-0.3, -0.25) is 10.1 Å². The van der Waals surface area contributed by atoms with Crippen molar-refractivity contribution in [3.8, 4) is 0 Å². The van der Waals surface area contributed by atoms with Crippen LogP contribution >= 0.6 is 23.2 Å². The van der Waals surface area contributed by atoms with Crippen LogP contribution in [0.3, 0.4) is 0 Å². The molecule has 0 aromatic heterocycles. The number of hydrogen-bond acceptors (Lipinski definition) is 4. The third kappa shape index (κ3) is 4.27. The van der Waals surface area contributed by atoms with E-state index in [9.17, 15) is 20.0 Å². The van der Waals surface area contributed by atoms with E-state index in [0.717, 1.165) is 34.7 Å². The van der Waals surface area contributed by atoms with Gasteiger partial charge in [-0.25, -0.2) is 9.69 Å². The Morgan fingerprint density at radius 1 is 1.09 bits per heavy atom. The largest absolute Gasteiger partial charge is 0.464 e. The van der Waals surface area contributed by atoms with Gasteiger partial charge in [0.25, 0.3) is 5.69 Å². The summed E-state index contributed by atoms with van der Waals surface area (Å²) in [5, 5.41) is 21.9. The van der Waals surface area contributed by atoms with Crippen molar-refractivity contribution in [1.29, 1.82) is 0 Å². The third-order valence-electron chi connectivity index (χ3n) is 5.56. The first-order valence-corrected chi connectivity index (χ1v) is 10.5. The number of nitro benzene ring substituents is 1. The molecule has 1 unspecified atom stereocenters. The fourth-order valence-corrected chi connectivity index (χ4v) is 4.65. The zero-order valence-electron chi connectivity index (χ0n) is 17.0. The molecule has 9 heteroatoms. The van der Waals surface area contributed by atoms with Crippen LogP contribution in [-0.2, 0) is 6.54 Å². The number of nitro groups is 1. The highest BCUT2D eigenvalue weighted by Crippen LogP contribution is 2.39. The molecule has 1 aliphatic rings. The zero-order chi connectivity index (χ0) is 23.0. The molecule has 0 saturated carbocycles. The van der Waals surface area contributed by atoms with Gasteiger partial charge < -0.3 is 10.0 Å². The Morgan fingerprint density at radius 3 is 2.25 bits per heavy atom. The fraction of sp³-hybridized carbons (Fsp3) is 0.174. The lowest BCUT2D eigenvalue weighted by atomic mass is 9.84. The number of hydrogen-bond donors (Lipinski definition) is 1. The van der Waals surface area contributed by atoms with Gasteiger partial charge in [-0.05, 0) is 60.1 Å². The molecule has 1 aliphatic heterocycles. The summed E-state index contributed by atoms with van der Waals surface area (Å²) in [6, 6.07) is 16.3. The Hall–Kier alpha value is -3.13. The smallest absolute Gasteiger partial charge is 0.416 e. The predicted octanol–water partition coefficient (Wildman–Crippen LogP) is 6.30. The highest BCUT2D eigenvalue weighted by molar-refractivity contribution is 6.35. The van der Waals surface area contributed by atoms with Crippen molar-refractivity contribution in [2.24, 2.45) is 0 Å². The molecule has 0 spiro atoms. The highest BCUT2D eigenvalue weighted by Gasteiger charge is 2.27. The normalized spacial score (nSPS) is 15.8. The standard InChI is InChI=1S/C23H19Cl2N3O4/c1-26-12-20(19-10-15(24)11-22(25)21(19)13-26)14-2-4-16(5-3-14)27(23(29)30)17-6-8-18(9-7-17)28(31)32/h2-11,20H,12-13H2,1H3,(H,29,30). The Morgan fingerprint density at radius 2 is 1.69 bits per heavy atom. The maximum Gasteiger partial charge on any atom is 0.416 e. The van der Waals surface area contributed by atoms with Crippen LogP contribution in [0.1, 0.15) is 22.6 Å². The summed E-state index contributed by atoms with van der Waals surface area (Å²) in [4.78, 5) is 25.6. The summed E-state index contributed by atoms with van der Waals surface area (Å²) in [6.07, 6.45) is -1.19.